The molecule has 0 unspecified atom stereocenters. The molecule has 4 aromatic rings. The average molecular weight is 417 g/mol. The van der Waals surface area contributed by atoms with E-state index < -0.39 is 0 Å². The number of thiazole rings is 1. The average Bonchev–Trinajstić information content (AvgIpc) is 3.40. The van der Waals surface area contributed by atoms with E-state index in [1.54, 1.807) is 0 Å². The van der Waals surface area contributed by atoms with Crippen LogP contribution in [-0.2, 0) is 13.6 Å². The lowest BCUT2D eigenvalue weighted by molar-refractivity contribution is 0.0623. The summed E-state index contributed by atoms with van der Waals surface area (Å²) in [7, 11) is 2.05. The fourth-order valence-electron chi connectivity index (χ4n) is 4.10. The predicted octanol–water partition coefficient (Wildman–Crippen LogP) is 4.26. The zero-order chi connectivity index (χ0) is 20.5. The summed E-state index contributed by atoms with van der Waals surface area (Å²) < 4.78 is 2.14. The van der Waals surface area contributed by atoms with Gasteiger partial charge in [-0.3, -0.25) is 9.69 Å². The van der Waals surface area contributed by atoms with E-state index in [1.807, 2.05) is 35.5 Å². The van der Waals surface area contributed by atoms with Crippen molar-refractivity contribution in [3.05, 3.63) is 77.3 Å². The summed E-state index contributed by atoms with van der Waals surface area (Å²) in [6.45, 7) is 4.20. The highest BCUT2D eigenvalue weighted by Gasteiger charge is 2.24. The molecule has 0 bridgehead atoms. The van der Waals surface area contributed by atoms with Crippen LogP contribution in [0.2, 0.25) is 0 Å². The normalized spacial score (nSPS) is 15.0. The number of amides is 1. The molecule has 30 heavy (non-hydrogen) atoms. The molecule has 5 rings (SSSR count). The molecule has 2 aromatic carbocycles. The maximum absolute atomic E-state index is 13.0. The Hall–Kier alpha value is -2.96. The number of nitrogens with zero attached hydrogens (tertiary/aromatic N) is 4. The van der Waals surface area contributed by atoms with Crippen LogP contribution < -0.4 is 0 Å². The maximum atomic E-state index is 13.0. The molecule has 5 nitrogen and oxygen atoms in total. The Labute approximate surface area is 180 Å². The molecular formula is C24H24N4OS. The lowest BCUT2D eigenvalue weighted by Gasteiger charge is -2.34. The molecule has 6 heteroatoms. The van der Waals surface area contributed by atoms with E-state index >= 15 is 0 Å². The Morgan fingerprint density at radius 1 is 1.00 bits per heavy atom. The minimum atomic E-state index is 0.0376. The van der Waals surface area contributed by atoms with Crippen LogP contribution in [0.5, 0.6) is 0 Å². The van der Waals surface area contributed by atoms with Gasteiger partial charge in [0.1, 0.15) is 10.7 Å². The minimum Gasteiger partial charge on any atom is -0.342 e. The van der Waals surface area contributed by atoms with Gasteiger partial charge in [-0.1, -0.05) is 48.5 Å². The van der Waals surface area contributed by atoms with Crippen LogP contribution in [0, 0.1) is 0 Å². The zero-order valence-electron chi connectivity index (χ0n) is 17.0. The number of carbonyl (C=O) groups is 1. The van der Waals surface area contributed by atoms with Crippen LogP contribution in [0.25, 0.3) is 21.6 Å². The third-order valence-electron chi connectivity index (χ3n) is 5.80. The second kappa shape index (κ2) is 8.05. The van der Waals surface area contributed by atoms with Crippen molar-refractivity contribution in [2.75, 3.05) is 26.2 Å². The van der Waals surface area contributed by atoms with Gasteiger partial charge >= 0.3 is 0 Å². The molecule has 0 radical (unpaired) electrons. The van der Waals surface area contributed by atoms with Gasteiger partial charge < -0.3 is 9.47 Å². The van der Waals surface area contributed by atoms with Gasteiger partial charge in [0.25, 0.3) is 5.91 Å². The summed E-state index contributed by atoms with van der Waals surface area (Å²) in [5, 5.41) is 3.97. The number of carbonyl (C=O) groups excluding carboxylic acids is 1. The highest BCUT2D eigenvalue weighted by Crippen LogP contribution is 2.29. The monoisotopic (exact) mass is 416 g/mol. The summed E-state index contributed by atoms with van der Waals surface area (Å²) in [5.74, 6) is 0.0376. The molecule has 0 N–H and O–H groups in total. The van der Waals surface area contributed by atoms with Gasteiger partial charge in [-0.25, -0.2) is 4.98 Å². The number of benzene rings is 2. The summed E-state index contributed by atoms with van der Waals surface area (Å²) in [6.07, 6.45) is 0. The van der Waals surface area contributed by atoms with Crippen LogP contribution in [0.15, 0.2) is 66.0 Å². The Morgan fingerprint density at radius 3 is 2.50 bits per heavy atom. The Kier molecular flexibility index (Phi) is 5.11. The van der Waals surface area contributed by atoms with Gasteiger partial charge in [0.15, 0.2) is 0 Å². The molecule has 0 saturated carbocycles. The highest BCUT2D eigenvalue weighted by atomic mass is 32.1. The molecule has 1 aliphatic rings. The fourth-order valence-corrected chi connectivity index (χ4v) is 4.94. The van der Waals surface area contributed by atoms with Crippen molar-refractivity contribution < 1.29 is 4.79 Å². The molecule has 152 valence electrons. The van der Waals surface area contributed by atoms with E-state index in [1.165, 1.54) is 27.8 Å². The number of para-hydroxylation sites is 1. The third-order valence-corrected chi connectivity index (χ3v) is 6.67. The van der Waals surface area contributed by atoms with Gasteiger partial charge in [0.2, 0.25) is 0 Å². The Balaban J connectivity index is 1.26. The fraction of sp³-hybridized carbons (Fsp3) is 0.250. The minimum absolute atomic E-state index is 0.0376. The van der Waals surface area contributed by atoms with Crippen molar-refractivity contribution in [2.24, 2.45) is 7.05 Å². The highest BCUT2D eigenvalue weighted by molar-refractivity contribution is 7.13. The van der Waals surface area contributed by atoms with Gasteiger partial charge in [0, 0.05) is 56.1 Å². The summed E-state index contributed by atoms with van der Waals surface area (Å²) in [5.41, 5.74) is 4.09. The smallest absolute Gasteiger partial charge is 0.273 e. The first-order chi connectivity index (χ1) is 14.7. The third kappa shape index (κ3) is 3.64. The lowest BCUT2D eigenvalue weighted by atomic mass is 10.2. The lowest BCUT2D eigenvalue weighted by Crippen LogP contribution is -2.48. The van der Waals surface area contributed by atoms with Crippen LogP contribution >= 0.6 is 11.3 Å². The van der Waals surface area contributed by atoms with Crippen molar-refractivity contribution >= 4 is 28.1 Å². The van der Waals surface area contributed by atoms with Gasteiger partial charge in [0.05, 0.1) is 5.69 Å². The van der Waals surface area contributed by atoms with E-state index in [2.05, 4.69) is 51.9 Å². The van der Waals surface area contributed by atoms with E-state index in [9.17, 15) is 4.79 Å². The van der Waals surface area contributed by atoms with Crippen molar-refractivity contribution in [2.45, 2.75) is 6.54 Å². The van der Waals surface area contributed by atoms with Crippen LogP contribution in [0.1, 0.15) is 16.1 Å². The quantitative estimate of drug-likeness (QED) is 0.499. The van der Waals surface area contributed by atoms with Crippen molar-refractivity contribution in [3.63, 3.8) is 0 Å². The van der Waals surface area contributed by atoms with E-state index in [-0.39, 0.29) is 5.91 Å². The molecule has 0 spiro atoms. The predicted molar refractivity (Wildman–Crippen MR) is 122 cm³/mol. The molecule has 0 atom stereocenters. The standard InChI is InChI=1S/C24H24N4OS/c1-26-21-10-6-5-9-19(21)15-22(26)23-25-20(17-30-23)24(29)28-13-11-27(12-14-28)16-18-7-3-2-4-8-18/h2-10,15,17H,11-14,16H2,1H3. The number of aryl methyl sites for hydroxylation is 1. The first-order valence-corrected chi connectivity index (χ1v) is 11.1. The SMILES string of the molecule is Cn1c(-c2nc(C(=O)N3CCN(Cc4ccccc4)CC3)cs2)cc2ccccc21. The summed E-state index contributed by atoms with van der Waals surface area (Å²) >= 11 is 1.54. The first-order valence-electron chi connectivity index (χ1n) is 10.2. The second-order valence-corrected chi connectivity index (χ2v) is 8.60. The van der Waals surface area contributed by atoms with Gasteiger partial charge in [-0.15, -0.1) is 11.3 Å². The van der Waals surface area contributed by atoms with Crippen LogP contribution in [-0.4, -0.2) is 51.4 Å². The molecule has 1 aliphatic heterocycles. The molecule has 1 saturated heterocycles. The number of hydrogen-bond donors (Lipinski definition) is 0. The summed E-state index contributed by atoms with van der Waals surface area (Å²) in [4.78, 5) is 22.0. The van der Waals surface area contributed by atoms with Gasteiger partial charge in [-0.05, 0) is 17.7 Å². The molecular weight excluding hydrogens is 392 g/mol. The van der Waals surface area contributed by atoms with Crippen LogP contribution in [0.3, 0.4) is 0 Å². The molecule has 1 fully saturated rings. The van der Waals surface area contributed by atoms with E-state index in [0.29, 0.717) is 5.69 Å². The maximum Gasteiger partial charge on any atom is 0.273 e. The summed E-state index contributed by atoms with van der Waals surface area (Å²) in [6, 6.07) is 20.9. The molecule has 0 aliphatic carbocycles. The van der Waals surface area contributed by atoms with Gasteiger partial charge in [-0.2, -0.15) is 0 Å². The van der Waals surface area contributed by atoms with Crippen molar-refractivity contribution in [3.8, 4) is 10.7 Å². The second-order valence-electron chi connectivity index (χ2n) is 7.74. The van der Waals surface area contributed by atoms with E-state index in [4.69, 9.17) is 4.98 Å². The Morgan fingerprint density at radius 2 is 1.73 bits per heavy atom. The number of fused-ring (bicyclic) bond motifs is 1. The number of piperazine rings is 1. The zero-order valence-corrected chi connectivity index (χ0v) is 17.8. The van der Waals surface area contributed by atoms with E-state index in [0.717, 1.165) is 43.4 Å². The number of aromatic nitrogens is 2. The topological polar surface area (TPSA) is 41.4 Å². The molecule has 3 heterocycles. The van der Waals surface area contributed by atoms with Crippen LogP contribution in [0.4, 0.5) is 0 Å². The number of hydrogen-bond acceptors (Lipinski definition) is 4. The Bertz CT molecular complexity index is 1170. The largest absolute Gasteiger partial charge is 0.342 e. The molecule has 2 aromatic heterocycles. The van der Waals surface area contributed by atoms with Crippen molar-refractivity contribution in [1.82, 2.24) is 19.4 Å². The first kappa shape index (κ1) is 19.0. The molecule has 1 amide bonds. The number of rotatable bonds is 4. The van der Waals surface area contributed by atoms with Crippen molar-refractivity contribution in [1.29, 1.82) is 0 Å².